The van der Waals surface area contributed by atoms with Gasteiger partial charge in [0.25, 0.3) is 0 Å². The molecule has 3 rings (SSSR count). The number of fused-ring (bicyclic) bond motifs is 1. The topological polar surface area (TPSA) is 87.4 Å². The Bertz CT molecular complexity index is 952. The largest absolute Gasteiger partial charge is 0.489 e. The number of anilines is 1. The van der Waals surface area contributed by atoms with Crippen LogP contribution in [-0.4, -0.2) is 40.6 Å². The zero-order valence-electron chi connectivity index (χ0n) is 16.5. The number of benzene rings is 1. The maximum Gasteiger partial charge on any atom is 0.416 e. The molecule has 0 atom stereocenters. The van der Waals surface area contributed by atoms with Gasteiger partial charge in [-0.1, -0.05) is 6.42 Å². The fourth-order valence-electron chi connectivity index (χ4n) is 3.22. The summed E-state index contributed by atoms with van der Waals surface area (Å²) in [6.07, 6.45) is -1.16. The minimum atomic E-state index is -4.58. The molecule has 0 radical (unpaired) electrons. The predicted molar refractivity (Wildman–Crippen MR) is 101 cm³/mol. The minimum absolute atomic E-state index is 0.0707. The Morgan fingerprint density at radius 1 is 1.23 bits per heavy atom. The van der Waals surface area contributed by atoms with Gasteiger partial charge in [-0.15, -0.1) is 0 Å². The first-order valence-corrected chi connectivity index (χ1v) is 9.59. The number of carbonyl (C=O) groups excluding carboxylic acids is 1. The average molecular weight is 428 g/mol. The van der Waals surface area contributed by atoms with Crippen molar-refractivity contribution in [3.8, 4) is 5.75 Å². The van der Waals surface area contributed by atoms with Crippen molar-refractivity contribution >= 4 is 11.6 Å². The molecule has 0 saturated heterocycles. The quantitative estimate of drug-likeness (QED) is 0.685. The fraction of sp³-hybridized carbons (Fsp3) is 0.526. The summed E-state index contributed by atoms with van der Waals surface area (Å²) in [5.74, 6) is 0.00982. The second-order valence-corrected chi connectivity index (χ2v) is 6.92. The van der Waals surface area contributed by atoms with Crippen molar-refractivity contribution in [2.45, 2.75) is 44.9 Å². The SMILES string of the molecule is COCCOc1ccc(C(F)(F)F)cc1NC(=O)Cn1nc2n(c1=O)CCCCC2. The zero-order chi connectivity index (χ0) is 21.7. The number of nitrogens with one attached hydrogen (secondary N) is 1. The van der Waals surface area contributed by atoms with Crippen LogP contribution in [-0.2, 0) is 35.2 Å². The van der Waals surface area contributed by atoms with Crippen LogP contribution in [0, 0.1) is 0 Å². The molecule has 1 aromatic carbocycles. The molecule has 164 valence electrons. The Labute approximate surface area is 170 Å². The van der Waals surface area contributed by atoms with E-state index in [0.29, 0.717) is 18.8 Å². The van der Waals surface area contributed by atoms with E-state index in [1.165, 1.54) is 7.11 Å². The highest BCUT2D eigenvalue weighted by molar-refractivity contribution is 5.92. The average Bonchev–Trinajstić information content (AvgIpc) is 2.84. The zero-order valence-corrected chi connectivity index (χ0v) is 16.5. The van der Waals surface area contributed by atoms with Crippen LogP contribution in [0.2, 0.25) is 0 Å². The molecular weight excluding hydrogens is 405 g/mol. The molecule has 1 N–H and O–H groups in total. The lowest BCUT2D eigenvalue weighted by Crippen LogP contribution is -2.30. The van der Waals surface area contributed by atoms with Crippen LogP contribution >= 0.6 is 0 Å². The van der Waals surface area contributed by atoms with E-state index in [-0.39, 0.29) is 24.7 Å². The van der Waals surface area contributed by atoms with Crippen LogP contribution in [0.4, 0.5) is 18.9 Å². The lowest BCUT2D eigenvalue weighted by atomic mass is 10.1. The summed E-state index contributed by atoms with van der Waals surface area (Å²) in [4.78, 5) is 25.0. The van der Waals surface area contributed by atoms with Crippen molar-refractivity contribution in [3.63, 3.8) is 0 Å². The maximum atomic E-state index is 13.1. The molecule has 11 heteroatoms. The lowest BCUT2D eigenvalue weighted by Gasteiger charge is -2.15. The summed E-state index contributed by atoms with van der Waals surface area (Å²) in [6.45, 7) is 0.454. The molecule has 1 aromatic heterocycles. The molecule has 0 spiro atoms. The number of nitrogens with zero attached hydrogens (tertiary/aromatic N) is 3. The Kier molecular flexibility index (Phi) is 6.80. The van der Waals surface area contributed by atoms with Crippen molar-refractivity contribution in [1.82, 2.24) is 14.3 Å². The molecule has 2 heterocycles. The fourth-order valence-corrected chi connectivity index (χ4v) is 3.22. The first kappa shape index (κ1) is 21.9. The van der Waals surface area contributed by atoms with Crippen LogP contribution in [0.1, 0.15) is 30.7 Å². The molecule has 1 aliphatic rings. The van der Waals surface area contributed by atoms with Gasteiger partial charge in [0, 0.05) is 20.1 Å². The van der Waals surface area contributed by atoms with Crippen LogP contribution < -0.4 is 15.7 Å². The number of methoxy groups -OCH3 is 1. The minimum Gasteiger partial charge on any atom is -0.489 e. The van der Waals surface area contributed by atoms with Crippen LogP contribution in [0.15, 0.2) is 23.0 Å². The van der Waals surface area contributed by atoms with E-state index in [9.17, 15) is 22.8 Å². The predicted octanol–water partition coefficient (Wildman–Crippen LogP) is 2.45. The van der Waals surface area contributed by atoms with Gasteiger partial charge in [-0.05, 0) is 31.0 Å². The van der Waals surface area contributed by atoms with E-state index in [1.54, 1.807) is 4.57 Å². The van der Waals surface area contributed by atoms with E-state index in [0.717, 1.165) is 42.1 Å². The first-order valence-electron chi connectivity index (χ1n) is 9.59. The van der Waals surface area contributed by atoms with E-state index < -0.39 is 29.9 Å². The van der Waals surface area contributed by atoms with E-state index in [2.05, 4.69) is 10.4 Å². The Hall–Kier alpha value is -2.82. The molecule has 8 nitrogen and oxygen atoms in total. The third-order valence-corrected chi connectivity index (χ3v) is 4.70. The summed E-state index contributed by atoms with van der Waals surface area (Å²) in [6, 6.07) is 2.80. The van der Waals surface area contributed by atoms with E-state index in [1.807, 2.05) is 0 Å². The molecule has 0 bridgehead atoms. The van der Waals surface area contributed by atoms with Gasteiger partial charge in [-0.25, -0.2) is 9.48 Å². The molecule has 0 unspecified atom stereocenters. The molecule has 2 aromatic rings. The number of aromatic nitrogens is 3. The molecule has 0 saturated carbocycles. The summed E-state index contributed by atoms with van der Waals surface area (Å²) in [7, 11) is 1.46. The second kappa shape index (κ2) is 9.33. The van der Waals surface area contributed by atoms with Crippen molar-refractivity contribution in [2.24, 2.45) is 0 Å². The third-order valence-electron chi connectivity index (χ3n) is 4.70. The summed E-state index contributed by atoms with van der Waals surface area (Å²) < 4.78 is 52.1. The normalized spacial score (nSPS) is 14.1. The molecule has 0 fully saturated rings. The highest BCUT2D eigenvalue weighted by Crippen LogP contribution is 2.35. The van der Waals surface area contributed by atoms with Crippen molar-refractivity contribution in [3.05, 3.63) is 40.1 Å². The van der Waals surface area contributed by atoms with Gasteiger partial charge in [0.1, 0.15) is 24.7 Å². The number of aryl methyl sites for hydroxylation is 1. The summed E-state index contributed by atoms with van der Waals surface area (Å²) in [5, 5.41) is 6.61. The molecular formula is C19H23F3N4O4. The van der Waals surface area contributed by atoms with Crippen LogP contribution in [0.25, 0.3) is 0 Å². The third kappa shape index (κ3) is 5.21. The number of alkyl halides is 3. The van der Waals surface area contributed by atoms with Gasteiger partial charge in [0.15, 0.2) is 0 Å². The number of ether oxygens (including phenoxy) is 2. The highest BCUT2D eigenvalue weighted by Gasteiger charge is 2.31. The Balaban J connectivity index is 1.78. The number of hydrogen-bond acceptors (Lipinski definition) is 5. The number of rotatable bonds is 7. The number of amides is 1. The maximum absolute atomic E-state index is 13.1. The standard InChI is InChI=1S/C19H23F3N4O4/c1-29-9-10-30-15-7-6-13(19(20,21)22)11-14(15)23-17(27)12-26-18(28)25-8-4-2-3-5-16(25)24-26/h6-7,11H,2-5,8-10,12H2,1H3,(H,23,27). The monoisotopic (exact) mass is 428 g/mol. The first-order chi connectivity index (χ1) is 14.3. The summed E-state index contributed by atoms with van der Waals surface area (Å²) in [5.41, 5.74) is -1.47. The van der Waals surface area contributed by atoms with Gasteiger partial charge in [-0.3, -0.25) is 9.36 Å². The number of hydrogen-bond donors (Lipinski definition) is 1. The number of halogens is 3. The summed E-state index contributed by atoms with van der Waals surface area (Å²) >= 11 is 0. The Morgan fingerprint density at radius 3 is 2.77 bits per heavy atom. The van der Waals surface area contributed by atoms with Gasteiger partial charge in [0.2, 0.25) is 5.91 Å². The van der Waals surface area contributed by atoms with Crippen LogP contribution in [0.3, 0.4) is 0 Å². The van der Waals surface area contributed by atoms with Gasteiger partial charge in [0.05, 0.1) is 17.9 Å². The molecule has 0 aliphatic carbocycles. The Morgan fingerprint density at radius 2 is 2.03 bits per heavy atom. The number of carbonyl (C=O) groups is 1. The van der Waals surface area contributed by atoms with E-state index >= 15 is 0 Å². The lowest BCUT2D eigenvalue weighted by molar-refractivity contribution is -0.137. The molecule has 1 aliphatic heterocycles. The van der Waals surface area contributed by atoms with E-state index in [4.69, 9.17) is 9.47 Å². The van der Waals surface area contributed by atoms with Crippen LogP contribution in [0.5, 0.6) is 5.75 Å². The smallest absolute Gasteiger partial charge is 0.416 e. The second-order valence-electron chi connectivity index (χ2n) is 6.92. The highest BCUT2D eigenvalue weighted by atomic mass is 19.4. The molecule has 30 heavy (non-hydrogen) atoms. The van der Waals surface area contributed by atoms with Crippen molar-refractivity contribution in [2.75, 3.05) is 25.6 Å². The van der Waals surface area contributed by atoms with Crippen molar-refractivity contribution in [1.29, 1.82) is 0 Å². The van der Waals surface area contributed by atoms with Gasteiger partial charge >= 0.3 is 11.9 Å². The van der Waals surface area contributed by atoms with Crippen molar-refractivity contribution < 1.29 is 27.4 Å². The van der Waals surface area contributed by atoms with Gasteiger partial charge in [-0.2, -0.15) is 18.3 Å². The molecule has 1 amide bonds. The van der Waals surface area contributed by atoms with Gasteiger partial charge < -0.3 is 14.8 Å².